The number of ether oxygens (including phenoxy) is 3. The first-order valence-corrected chi connectivity index (χ1v) is 27.7. The molecule has 0 saturated carbocycles. The van der Waals surface area contributed by atoms with Gasteiger partial charge in [-0.2, -0.15) is 0 Å². The molecular weight excluding hydrogens is 913 g/mol. The molecular formula is C68H94O6. The Hall–Kier alpha value is -6.53. The third kappa shape index (κ3) is 56.4. The maximum absolute atomic E-state index is 12.9. The van der Waals surface area contributed by atoms with E-state index in [4.69, 9.17) is 14.2 Å². The van der Waals surface area contributed by atoms with E-state index in [9.17, 15) is 14.4 Å². The van der Waals surface area contributed by atoms with E-state index in [1.165, 1.54) is 6.42 Å². The van der Waals surface area contributed by atoms with Gasteiger partial charge in [0.2, 0.25) is 0 Å². The Bertz CT molecular complexity index is 1970. The highest BCUT2D eigenvalue weighted by molar-refractivity contribution is 5.71. The highest BCUT2D eigenvalue weighted by atomic mass is 16.6. The van der Waals surface area contributed by atoms with Crippen molar-refractivity contribution in [3.63, 3.8) is 0 Å². The molecule has 0 aromatic carbocycles. The first-order chi connectivity index (χ1) is 36.5. The molecule has 0 radical (unpaired) electrons. The monoisotopic (exact) mass is 1010 g/mol. The van der Waals surface area contributed by atoms with Gasteiger partial charge in [-0.05, 0) is 77.0 Å². The smallest absolute Gasteiger partial charge is 0.306 e. The number of carbonyl (C=O) groups excluding carboxylic acids is 3. The van der Waals surface area contributed by atoms with Crippen molar-refractivity contribution < 1.29 is 28.6 Å². The minimum Gasteiger partial charge on any atom is -0.462 e. The molecule has 0 saturated heterocycles. The molecule has 1 unspecified atom stereocenters. The Morgan fingerprint density at radius 2 is 0.527 bits per heavy atom. The van der Waals surface area contributed by atoms with E-state index in [1.807, 2.05) is 182 Å². The van der Waals surface area contributed by atoms with Gasteiger partial charge in [-0.15, -0.1) is 0 Å². The summed E-state index contributed by atoms with van der Waals surface area (Å²) in [4.78, 5) is 38.2. The molecule has 1 atom stereocenters. The summed E-state index contributed by atoms with van der Waals surface area (Å²) < 4.78 is 16.8. The van der Waals surface area contributed by atoms with Crippen molar-refractivity contribution in [3.8, 4) is 0 Å². The fourth-order valence-corrected chi connectivity index (χ4v) is 6.32. The lowest BCUT2D eigenvalue weighted by molar-refractivity contribution is -0.167. The molecule has 0 heterocycles. The molecule has 402 valence electrons. The summed E-state index contributed by atoms with van der Waals surface area (Å²) in [5.41, 5.74) is 0. The zero-order valence-electron chi connectivity index (χ0n) is 45.7. The van der Waals surface area contributed by atoms with Crippen molar-refractivity contribution in [2.24, 2.45) is 0 Å². The molecule has 0 spiro atoms. The number of hydrogen-bond donors (Lipinski definition) is 0. The van der Waals surface area contributed by atoms with Crippen molar-refractivity contribution in [1.82, 2.24) is 0 Å². The van der Waals surface area contributed by atoms with Crippen LogP contribution in [0.1, 0.15) is 156 Å². The van der Waals surface area contributed by atoms with Gasteiger partial charge in [0.15, 0.2) is 6.10 Å². The summed E-state index contributed by atoms with van der Waals surface area (Å²) in [6, 6.07) is 0. The van der Waals surface area contributed by atoms with Gasteiger partial charge >= 0.3 is 17.9 Å². The van der Waals surface area contributed by atoms with Crippen LogP contribution in [0.2, 0.25) is 0 Å². The zero-order valence-corrected chi connectivity index (χ0v) is 45.7. The van der Waals surface area contributed by atoms with Gasteiger partial charge in [0.25, 0.3) is 0 Å². The van der Waals surface area contributed by atoms with Crippen molar-refractivity contribution >= 4 is 17.9 Å². The number of hydrogen-bond acceptors (Lipinski definition) is 6. The third-order valence-corrected chi connectivity index (χ3v) is 10.4. The molecule has 0 aromatic heterocycles. The summed E-state index contributed by atoms with van der Waals surface area (Å²) in [5.74, 6) is -1.08. The highest BCUT2D eigenvalue weighted by Crippen LogP contribution is 2.11. The average Bonchev–Trinajstić information content (AvgIpc) is 3.40. The SMILES string of the molecule is CC\C=C/C=C\C=C/C=C\C=C\C=C/C=C\CCCCCC(=O)OCC(COC(=O)CCCCCCC\C=C/C=C\C=C/C=C\C=C/CCC)OC(=O)CCCCC\C=C/C=C\C=C\C=C/C=C\C=C/C=C\CC. The average molecular weight is 1010 g/mol. The van der Waals surface area contributed by atoms with Gasteiger partial charge in [0, 0.05) is 19.3 Å². The van der Waals surface area contributed by atoms with E-state index in [1.54, 1.807) is 0 Å². The maximum Gasteiger partial charge on any atom is 0.306 e. The van der Waals surface area contributed by atoms with Crippen LogP contribution >= 0.6 is 0 Å². The van der Waals surface area contributed by atoms with Crippen LogP contribution in [0.3, 0.4) is 0 Å². The molecule has 0 aromatic rings. The second kappa shape index (κ2) is 59.0. The molecule has 0 rings (SSSR count). The Labute approximate surface area is 450 Å². The molecule has 6 nitrogen and oxygen atoms in total. The highest BCUT2D eigenvalue weighted by Gasteiger charge is 2.19. The largest absolute Gasteiger partial charge is 0.462 e. The fraction of sp³-hybridized carbons (Fsp3) is 0.397. The van der Waals surface area contributed by atoms with Crippen LogP contribution in [-0.2, 0) is 28.6 Å². The van der Waals surface area contributed by atoms with Gasteiger partial charge < -0.3 is 14.2 Å². The van der Waals surface area contributed by atoms with Crippen molar-refractivity contribution in [3.05, 3.63) is 231 Å². The van der Waals surface area contributed by atoms with E-state index >= 15 is 0 Å². The predicted octanol–water partition coefficient (Wildman–Crippen LogP) is 18.8. The van der Waals surface area contributed by atoms with Gasteiger partial charge in [0.1, 0.15) is 13.2 Å². The molecule has 0 bridgehead atoms. The molecule has 0 amide bonds. The standard InChI is InChI=1S/C68H94O6/c1-4-7-10-13-16-19-22-25-28-31-34-37-40-43-46-49-52-55-58-61-67(70)73-64-65(63-72-66(69)60-57-54-51-48-45-42-39-36-33-30-27-24-21-18-15-12-9-6-3)74-68(71)62-59-56-53-50-47-44-41-38-35-32-29-26-23-20-17-14-11-8-5-2/h7-8,10-41,43-44,46-47,65H,4-6,9,42,45,48-64H2,1-3H3/b10-7-,11-8-,15-12-,16-13-,17-14-,21-18-,22-19-,23-20-,27-24-,28-25-,29-26-,33-30-,34-31+,35-32+,39-36-,40-37-,41-38-,46-43-,47-44-. The van der Waals surface area contributed by atoms with Gasteiger partial charge in [0.05, 0.1) is 0 Å². The van der Waals surface area contributed by atoms with E-state index in [0.717, 1.165) is 96.3 Å². The minimum absolute atomic E-state index is 0.142. The van der Waals surface area contributed by atoms with E-state index in [0.29, 0.717) is 19.3 Å². The Morgan fingerprint density at radius 3 is 0.838 bits per heavy atom. The van der Waals surface area contributed by atoms with Crippen LogP contribution in [0.25, 0.3) is 0 Å². The predicted molar refractivity (Wildman–Crippen MR) is 319 cm³/mol. The lowest BCUT2D eigenvalue weighted by atomic mass is 10.1. The van der Waals surface area contributed by atoms with Crippen LogP contribution in [0.4, 0.5) is 0 Å². The molecule has 0 aliphatic carbocycles. The second-order valence-corrected chi connectivity index (χ2v) is 17.2. The Balaban J connectivity index is 4.73. The number of allylic oxidation sites excluding steroid dienone is 38. The quantitative estimate of drug-likeness (QED) is 0.0262. The molecule has 0 aliphatic rings. The topological polar surface area (TPSA) is 78.9 Å². The number of carbonyl (C=O) groups is 3. The molecule has 0 N–H and O–H groups in total. The lowest BCUT2D eigenvalue weighted by Crippen LogP contribution is -2.30. The lowest BCUT2D eigenvalue weighted by Gasteiger charge is -2.18. The summed E-state index contributed by atoms with van der Waals surface area (Å²) in [5, 5.41) is 0. The van der Waals surface area contributed by atoms with Crippen LogP contribution in [0.15, 0.2) is 231 Å². The molecule has 0 aliphatic heterocycles. The molecule has 74 heavy (non-hydrogen) atoms. The van der Waals surface area contributed by atoms with Crippen LogP contribution in [-0.4, -0.2) is 37.2 Å². The first-order valence-electron chi connectivity index (χ1n) is 27.7. The van der Waals surface area contributed by atoms with Crippen molar-refractivity contribution in [2.45, 2.75) is 162 Å². The van der Waals surface area contributed by atoms with Crippen LogP contribution in [0.5, 0.6) is 0 Å². The summed E-state index contributed by atoms with van der Waals surface area (Å²) >= 11 is 0. The Kier molecular flexibility index (Phi) is 53.8. The number of rotatable bonds is 45. The summed E-state index contributed by atoms with van der Waals surface area (Å²) in [6.45, 7) is 6.11. The molecule has 6 heteroatoms. The number of unbranched alkanes of at least 4 members (excludes halogenated alkanes) is 12. The van der Waals surface area contributed by atoms with Crippen molar-refractivity contribution in [2.75, 3.05) is 13.2 Å². The zero-order chi connectivity index (χ0) is 53.6. The summed E-state index contributed by atoms with van der Waals surface area (Å²) in [7, 11) is 0. The van der Waals surface area contributed by atoms with Gasteiger partial charge in [-0.25, -0.2) is 0 Å². The summed E-state index contributed by atoms with van der Waals surface area (Å²) in [6.07, 6.45) is 94.4. The normalized spacial score (nSPS) is 13.9. The fourth-order valence-electron chi connectivity index (χ4n) is 6.32. The van der Waals surface area contributed by atoms with E-state index in [2.05, 4.69) is 69.4 Å². The molecule has 0 fully saturated rings. The van der Waals surface area contributed by atoms with Gasteiger partial charge in [-0.3, -0.25) is 14.4 Å². The van der Waals surface area contributed by atoms with Crippen LogP contribution < -0.4 is 0 Å². The van der Waals surface area contributed by atoms with Gasteiger partial charge in [-0.1, -0.05) is 290 Å². The first kappa shape index (κ1) is 67.5. The third-order valence-electron chi connectivity index (χ3n) is 10.4. The Morgan fingerprint density at radius 1 is 0.284 bits per heavy atom. The van der Waals surface area contributed by atoms with E-state index in [-0.39, 0.29) is 44.0 Å². The minimum atomic E-state index is -0.851. The number of esters is 3. The van der Waals surface area contributed by atoms with E-state index < -0.39 is 6.10 Å². The second-order valence-electron chi connectivity index (χ2n) is 17.2. The van der Waals surface area contributed by atoms with Crippen LogP contribution in [0, 0.1) is 0 Å². The maximum atomic E-state index is 12.9. The van der Waals surface area contributed by atoms with Crippen molar-refractivity contribution in [1.29, 1.82) is 0 Å².